The molecule has 8 nitrogen and oxygen atoms in total. The zero-order valence-corrected chi connectivity index (χ0v) is 24.4. The fourth-order valence-electron chi connectivity index (χ4n) is 4.45. The van der Waals surface area contributed by atoms with Gasteiger partial charge in [-0.05, 0) is 73.4 Å². The molecule has 0 radical (unpaired) electrons. The number of halogens is 2. The fourth-order valence-corrected chi connectivity index (χ4v) is 4.70. The van der Waals surface area contributed by atoms with Crippen LogP contribution in [0.5, 0.6) is 11.8 Å². The number of hydrogen-bond donors (Lipinski definition) is 1. The Hall–Kier alpha value is -5.05. The van der Waals surface area contributed by atoms with E-state index in [0.29, 0.717) is 34.1 Å². The number of anilines is 2. The Labute approximate surface area is 258 Å². The van der Waals surface area contributed by atoms with Crippen molar-refractivity contribution in [2.75, 3.05) is 5.32 Å². The van der Waals surface area contributed by atoms with Crippen molar-refractivity contribution in [1.82, 2.24) is 19.6 Å². The van der Waals surface area contributed by atoms with Crippen molar-refractivity contribution in [1.29, 1.82) is 0 Å². The van der Waals surface area contributed by atoms with E-state index in [9.17, 15) is 0 Å². The molecule has 6 rings (SSSR count). The van der Waals surface area contributed by atoms with Crippen molar-refractivity contribution in [3.63, 3.8) is 0 Å². The highest BCUT2D eigenvalue weighted by Gasteiger charge is 2.13. The Morgan fingerprint density at radius 1 is 0.651 bits per heavy atom. The summed E-state index contributed by atoms with van der Waals surface area (Å²) < 4.78 is 15.6. The molecule has 10 heteroatoms. The van der Waals surface area contributed by atoms with Crippen molar-refractivity contribution >= 4 is 47.0 Å². The number of nitrogens with zero attached hydrogens (tertiary/aromatic N) is 5. The van der Waals surface area contributed by atoms with Crippen LogP contribution in [0.1, 0.15) is 11.1 Å². The maximum absolute atomic E-state index is 6.09. The molecular formula is C33H26Cl2N6O2. The number of aromatic nitrogens is 4. The second-order valence-corrected chi connectivity index (χ2v) is 10.3. The number of nitrogens with one attached hydrogen (secondary N) is 1. The summed E-state index contributed by atoms with van der Waals surface area (Å²) in [5.74, 6) is 0.987. The lowest BCUT2D eigenvalue weighted by Crippen LogP contribution is -2.05. The molecule has 0 spiro atoms. The van der Waals surface area contributed by atoms with Gasteiger partial charge in [0, 0.05) is 57.1 Å². The van der Waals surface area contributed by atoms with E-state index in [1.807, 2.05) is 116 Å². The van der Waals surface area contributed by atoms with Crippen LogP contribution in [0.3, 0.4) is 0 Å². The van der Waals surface area contributed by atoms with E-state index in [0.717, 1.165) is 33.9 Å². The molecule has 0 aliphatic rings. The first-order valence-corrected chi connectivity index (χ1v) is 14.1. The molecule has 0 atom stereocenters. The van der Waals surface area contributed by atoms with E-state index in [1.165, 1.54) is 0 Å². The molecule has 214 valence electrons. The average Bonchev–Trinajstić information content (AvgIpc) is 3.71. The summed E-state index contributed by atoms with van der Waals surface area (Å²) in [6.45, 7) is 4.30. The number of rotatable bonds is 11. The van der Waals surface area contributed by atoms with Crippen molar-refractivity contribution in [2.45, 2.75) is 13.2 Å². The van der Waals surface area contributed by atoms with Crippen LogP contribution in [0.15, 0.2) is 121 Å². The van der Waals surface area contributed by atoms with Crippen LogP contribution in [0.4, 0.5) is 17.1 Å². The molecule has 2 heterocycles. The highest BCUT2D eigenvalue weighted by molar-refractivity contribution is 6.30. The molecule has 43 heavy (non-hydrogen) atoms. The molecule has 4 aromatic carbocycles. The highest BCUT2D eigenvalue weighted by Crippen LogP contribution is 2.32. The molecule has 0 fully saturated rings. The van der Waals surface area contributed by atoms with Crippen LogP contribution >= 0.6 is 23.2 Å². The third-order valence-electron chi connectivity index (χ3n) is 6.66. The number of para-hydroxylation sites is 1. The molecule has 1 N–H and O–H groups in total. The summed E-state index contributed by atoms with van der Waals surface area (Å²) in [5.41, 5.74) is 6.00. The Morgan fingerprint density at radius 2 is 1.21 bits per heavy atom. The quantitative estimate of drug-likeness (QED) is 0.149. The van der Waals surface area contributed by atoms with E-state index in [-0.39, 0.29) is 6.61 Å². The van der Waals surface area contributed by atoms with Gasteiger partial charge < -0.3 is 14.8 Å². The lowest BCUT2D eigenvalue weighted by molar-refractivity contribution is 0.292. The molecule has 2 aromatic heterocycles. The lowest BCUT2D eigenvalue weighted by atomic mass is 10.1. The molecule has 0 bridgehead atoms. The first-order valence-electron chi connectivity index (χ1n) is 13.4. The molecule has 0 saturated carbocycles. The van der Waals surface area contributed by atoms with E-state index >= 15 is 0 Å². The monoisotopic (exact) mass is 608 g/mol. The van der Waals surface area contributed by atoms with E-state index in [1.54, 1.807) is 9.36 Å². The summed E-state index contributed by atoms with van der Waals surface area (Å²) in [7, 11) is 0. The predicted octanol–water partition coefficient (Wildman–Crippen LogP) is 8.60. The Kier molecular flexibility index (Phi) is 8.40. The minimum absolute atomic E-state index is 0.232. The number of ether oxygens (including phenoxy) is 2. The van der Waals surface area contributed by atoms with Crippen LogP contribution in [0.2, 0.25) is 10.0 Å². The van der Waals surface area contributed by atoms with Gasteiger partial charge in [0.05, 0.1) is 17.1 Å². The molecule has 0 saturated heterocycles. The Morgan fingerprint density at radius 3 is 1.81 bits per heavy atom. The molecular weight excluding hydrogens is 583 g/mol. The summed E-state index contributed by atoms with van der Waals surface area (Å²) in [5, 5.41) is 14.0. The first-order chi connectivity index (χ1) is 21.1. The van der Waals surface area contributed by atoms with Crippen LogP contribution in [-0.4, -0.2) is 26.3 Å². The van der Waals surface area contributed by atoms with Gasteiger partial charge in [0.25, 0.3) is 0 Å². The molecule has 6 aromatic rings. The van der Waals surface area contributed by atoms with Crippen molar-refractivity contribution < 1.29 is 9.47 Å². The third-order valence-corrected chi connectivity index (χ3v) is 7.16. The van der Waals surface area contributed by atoms with Crippen LogP contribution < -0.4 is 14.8 Å². The van der Waals surface area contributed by atoms with Crippen molar-refractivity contribution in [3.05, 3.63) is 137 Å². The summed E-state index contributed by atoms with van der Waals surface area (Å²) in [4.78, 5) is 4.23. The van der Waals surface area contributed by atoms with Crippen LogP contribution in [-0.2, 0) is 13.2 Å². The maximum atomic E-state index is 6.09. The minimum atomic E-state index is 0.232. The van der Waals surface area contributed by atoms with Gasteiger partial charge >= 0.3 is 0 Å². The van der Waals surface area contributed by atoms with Gasteiger partial charge in [-0.3, -0.25) is 4.99 Å². The van der Waals surface area contributed by atoms with E-state index in [2.05, 4.69) is 27.2 Å². The van der Waals surface area contributed by atoms with Gasteiger partial charge in [-0.1, -0.05) is 47.5 Å². The van der Waals surface area contributed by atoms with Gasteiger partial charge in [-0.2, -0.15) is 0 Å². The summed E-state index contributed by atoms with van der Waals surface area (Å²) in [6.07, 6.45) is 3.69. The van der Waals surface area contributed by atoms with Crippen LogP contribution in [0, 0.1) is 0 Å². The third kappa shape index (κ3) is 6.72. The Bertz CT molecular complexity index is 1850. The van der Waals surface area contributed by atoms with Crippen molar-refractivity contribution in [3.8, 4) is 23.1 Å². The van der Waals surface area contributed by atoms with E-state index < -0.39 is 0 Å². The summed E-state index contributed by atoms with van der Waals surface area (Å²) in [6, 6.07) is 32.3. The van der Waals surface area contributed by atoms with Crippen LogP contribution in [0.25, 0.3) is 11.4 Å². The minimum Gasteiger partial charge on any atom is -0.472 e. The standard InChI is InChI=1S/C33H26Cl2N6O2/c1-36-30-7-4-8-31(28(30)22-43-33-18-20-41(39-33)27-15-11-25(35)12-16-27)37-29-6-3-2-5-23(29)21-42-32-17-19-40(38-32)26-13-9-24(34)10-14-26/h2-20,37H,1,21-22H2. The summed E-state index contributed by atoms with van der Waals surface area (Å²) >= 11 is 12.0. The molecule has 0 amide bonds. The molecule has 0 aliphatic heterocycles. The van der Waals surface area contributed by atoms with Gasteiger partial charge in [0.2, 0.25) is 11.8 Å². The normalized spacial score (nSPS) is 10.8. The SMILES string of the molecule is C=Nc1cccc(Nc2ccccc2COc2ccn(-c3ccc(Cl)cc3)n2)c1COc1ccn(-c2ccc(Cl)cc2)n1. The molecule has 0 aliphatic carbocycles. The number of hydrogen-bond acceptors (Lipinski definition) is 6. The Balaban J connectivity index is 1.16. The highest BCUT2D eigenvalue weighted by atomic mass is 35.5. The van der Waals surface area contributed by atoms with Crippen molar-refractivity contribution in [2.24, 2.45) is 4.99 Å². The van der Waals surface area contributed by atoms with Gasteiger partial charge in [-0.25, -0.2) is 9.36 Å². The fraction of sp³-hybridized carbons (Fsp3) is 0.0606. The maximum Gasteiger partial charge on any atom is 0.233 e. The number of aliphatic imine (C=N–C) groups is 1. The zero-order valence-electron chi connectivity index (χ0n) is 22.9. The van der Waals surface area contributed by atoms with Gasteiger partial charge in [0.15, 0.2) is 0 Å². The van der Waals surface area contributed by atoms with Gasteiger partial charge in [0.1, 0.15) is 13.2 Å². The smallest absolute Gasteiger partial charge is 0.233 e. The zero-order chi connectivity index (χ0) is 29.6. The topological polar surface area (TPSA) is 78.5 Å². The molecule has 0 unspecified atom stereocenters. The first kappa shape index (κ1) is 28.1. The number of benzene rings is 4. The van der Waals surface area contributed by atoms with Gasteiger partial charge in [-0.15, -0.1) is 10.2 Å². The second kappa shape index (κ2) is 12.9. The lowest BCUT2D eigenvalue weighted by Gasteiger charge is -2.17. The predicted molar refractivity (Wildman–Crippen MR) is 171 cm³/mol. The second-order valence-electron chi connectivity index (χ2n) is 9.47. The largest absolute Gasteiger partial charge is 0.472 e. The van der Waals surface area contributed by atoms with E-state index in [4.69, 9.17) is 32.7 Å². The average molecular weight is 610 g/mol.